The molecule has 1 unspecified atom stereocenters. The highest BCUT2D eigenvalue weighted by molar-refractivity contribution is 5.84. The van der Waals surface area contributed by atoms with Gasteiger partial charge in [0.15, 0.2) is 0 Å². The van der Waals surface area contributed by atoms with Crippen LogP contribution in [0.1, 0.15) is 51.2 Å². The van der Waals surface area contributed by atoms with E-state index in [0.717, 1.165) is 5.56 Å². The van der Waals surface area contributed by atoms with Gasteiger partial charge in [0.2, 0.25) is 5.91 Å². The average Bonchev–Trinajstić information content (AvgIpc) is 2.44. The summed E-state index contributed by atoms with van der Waals surface area (Å²) in [5.74, 6) is 0.302. The Morgan fingerprint density at radius 3 is 2.37 bits per heavy atom. The van der Waals surface area contributed by atoms with Gasteiger partial charge >= 0.3 is 0 Å². The van der Waals surface area contributed by atoms with Gasteiger partial charge in [-0.3, -0.25) is 4.79 Å². The Labute approximate surface area is 115 Å². The summed E-state index contributed by atoms with van der Waals surface area (Å²) < 4.78 is 0. The summed E-state index contributed by atoms with van der Waals surface area (Å²) in [6.45, 7) is 8.28. The molecule has 1 N–H and O–H groups in total. The molecule has 19 heavy (non-hydrogen) atoms. The molecule has 3 heteroatoms. The van der Waals surface area contributed by atoms with Crippen LogP contribution in [0.4, 0.5) is 0 Å². The lowest BCUT2D eigenvalue weighted by Gasteiger charge is -2.18. The van der Waals surface area contributed by atoms with E-state index in [2.05, 4.69) is 37.4 Å². The first-order valence-corrected chi connectivity index (χ1v) is 6.71. The molecule has 0 saturated carbocycles. The van der Waals surface area contributed by atoms with Gasteiger partial charge in [0.25, 0.3) is 0 Å². The quantitative estimate of drug-likeness (QED) is 0.880. The maximum Gasteiger partial charge on any atom is 0.240 e. The van der Waals surface area contributed by atoms with Crippen LogP contribution in [-0.4, -0.2) is 5.91 Å². The Hall–Kier alpha value is -1.82. The first-order valence-electron chi connectivity index (χ1n) is 6.71. The van der Waals surface area contributed by atoms with Crippen LogP contribution in [0.3, 0.4) is 0 Å². The Morgan fingerprint density at radius 1 is 1.37 bits per heavy atom. The van der Waals surface area contributed by atoms with Crippen molar-refractivity contribution in [1.29, 1.82) is 5.26 Å². The van der Waals surface area contributed by atoms with E-state index >= 15 is 0 Å². The summed E-state index contributed by atoms with van der Waals surface area (Å²) in [7, 11) is 0. The van der Waals surface area contributed by atoms with Gasteiger partial charge in [-0.05, 0) is 30.4 Å². The second-order valence-electron chi connectivity index (χ2n) is 5.38. The van der Waals surface area contributed by atoms with Crippen LogP contribution >= 0.6 is 0 Å². The van der Waals surface area contributed by atoms with E-state index in [0.29, 0.717) is 18.9 Å². The molecular weight excluding hydrogens is 236 g/mol. The minimum atomic E-state index is -0.933. The molecule has 102 valence electrons. The normalized spacial score (nSPS) is 13.7. The highest BCUT2D eigenvalue weighted by Crippen LogP contribution is 2.20. The van der Waals surface area contributed by atoms with Crippen molar-refractivity contribution in [3.05, 3.63) is 35.4 Å². The number of nitrogens with one attached hydrogen (secondary N) is 1. The second kappa shape index (κ2) is 6.38. The SMILES string of the molecule is CCC(C)(C#N)C(=O)NCc1ccc(C(C)C)cc1. The zero-order chi connectivity index (χ0) is 14.5. The van der Waals surface area contributed by atoms with Crippen LogP contribution in [0.15, 0.2) is 24.3 Å². The van der Waals surface area contributed by atoms with Crippen molar-refractivity contribution in [2.45, 2.75) is 46.6 Å². The summed E-state index contributed by atoms with van der Waals surface area (Å²) in [6.07, 6.45) is 0.515. The van der Waals surface area contributed by atoms with Crippen molar-refractivity contribution >= 4 is 5.91 Å². The van der Waals surface area contributed by atoms with Gasteiger partial charge in [-0.15, -0.1) is 0 Å². The molecule has 1 amide bonds. The first-order chi connectivity index (χ1) is 8.92. The topological polar surface area (TPSA) is 52.9 Å². The minimum Gasteiger partial charge on any atom is -0.351 e. The molecule has 0 aliphatic heterocycles. The number of nitrogens with zero attached hydrogens (tertiary/aromatic N) is 1. The predicted octanol–water partition coefficient (Wildman–Crippen LogP) is 3.37. The number of hydrogen-bond donors (Lipinski definition) is 1. The number of carbonyl (C=O) groups is 1. The number of hydrogen-bond acceptors (Lipinski definition) is 2. The third-order valence-electron chi connectivity index (χ3n) is 3.55. The van der Waals surface area contributed by atoms with Crippen LogP contribution in [0.2, 0.25) is 0 Å². The molecule has 0 spiro atoms. The van der Waals surface area contributed by atoms with E-state index in [4.69, 9.17) is 5.26 Å². The van der Waals surface area contributed by atoms with E-state index in [-0.39, 0.29) is 5.91 Å². The Morgan fingerprint density at radius 2 is 1.95 bits per heavy atom. The van der Waals surface area contributed by atoms with Gasteiger partial charge in [-0.2, -0.15) is 5.26 Å². The molecule has 0 heterocycles. The summed E-state index contributed by atoms with van der Waals surface area (Å²) in [4.78, 5) is 11.9. The molecule has 0 saturated heterocycles. The van der Waals surface area contributed by atoms with Crippen LogP contribution in [0.5, 0.6) is 0 Å². The lowest BCUT2D eigenvalue weighted by Crippen LogP contribution is -2.37. The summed E-state index contributed by atoms with van der Waals surface area (Å²) in [6, 6.07) is 10.3. The summed E-state index contributed by atoms with van der Waals surface area (Å²) in [5, 5.41) is 11.9. The third-order valence-corrected chi connectivity index (χ3v) is 3.55. The molecular formula is C16H22N2O. The van der Waals surface area contributed by atoms with Gasteiger partial charge in [-0.1, -0.05) is 45.0 Å². The number of rotatable bonds is 5. The molecule has 0 aromatic heterocycles. The largest absolute Gasteiger partial charge is 0.351 e. The smallest absolute Gasteiger partial charge is 0.240 e. The van der Waals surface area contributed by atoms with Gasteiger partial charge in [0, 0.05) is 6.54 Å². The number of nitriles is 1. The van der Waals surface area contributed by atoms with E-state index in [1.807, 2.05) is 19.1 Å². The van der Waals surface area contributed by atoms with Gasteiger partial charge in [-0.25, -0.2) is 0 Å². The highest BCUT2D eigenvalue weighted by Gasteiger charge is 2.30. The summed E-state index contributed by atoms with van der Waals surface area (Å²) in [5.41, 5.74) is 1.40. The Balaban J connectivity index is 2.63. The zero-order valence-electron chi connectivity index (χ0n) is 12.2. The Kier molecular flexibility index (Phi) is 5.11. The van der Waals surface area contributed by atoms with Crippen LogP contribution in [-0.2, 0) is 11.3 Å². The van der Waals surface area contributed by atoms with Crippen LogP contribution in [0, 0.1) is 16.7 Å². The van der Waals surface area contributed by atoms with Crippen LogP contribution in [0.25, 0.3) is 0 Å². The monoisotopic (exact) mass is 258 g/mol. The average molecular weight is 258 g/mol. The lowest BCUT2D eigenvalue weighted by atomic mass is 9.88. The van der Waals surface area contributed by atoms with E-state index < -0.39 is 5.41 Å². The molecule has 0 fully saturated rings. The number of amides is 1. The Bertz CT molecular complexity index is 471. The van der Waals surface area contributed by atoms with Gasteiger partial charge in [0.05, 0.1) is 6.07 Å². The predicted molar refractivity (Wildman–Crippen MR) is 76.4 cm³/mol. The third kappa shape index (κ3) is 3.82. The molecule has 0 aliphatic carbocycles. The van der Waals surface area contributed by atoms with Crippen molar-refractivity contribution in [3.63, 3.8) is 0 Å². The second-order valence-corrected chi connectivity index (χ2v) is 5.38. The van der Waals surface area contributed by atoms with Crippen molar-refractivity contribution in [2.24, 2.45) is 5.41 Å². The van der Waals surface area contributed by atoms with Crippen LogP contribution < -0.4 is 5.32 Å². The fourth-order valence-electron chi connectivity index (χ4n) is 1.69. The van der Waals surface area contributed by atoms with Crippen molar-refractivity contribution in [1.82, 2.24) is 5.32 Å². The molecule has 3 nitrogen and oxygen atoms in total. The molecule has 0 radical (unpaired) electrons. The number of carbonyl (C=O) groups excluding carboxylic acids is 1. The van der Waals surface area contributed by atoms with Gasteiger partial charge < -0.3 is 5.32 Å². The lowest BCUT2D eigenvalue weighted by molar-refractivity contribution is -0.127. The standard InChI is InChI=1S/C16H22N2O/c1-5-16(4,11-17)15(19)18-10-13-6-8-14(9-7-13)12(2)3/h6-9,12H,5,10H2,1-4H3,(H,18,19). The van der Waals surface area contributed by atoms with Crippen molar-refractivity contribution in [3.8, 4) is 6.07 Å². The molecule has 1 aromatic rings. The minimum absolute atomic E-state index is 0.203. The van der Waals surface area contributed by atoms with E-state index in [1.165, 1.54) is 5.56 Å². The fraction of sp³-hybridized carbons (Fsp3) is 0.500. The first kappa shape index (κ1) is 15.2. The van der Waals surface area contributed by atoms with E-state index in [9.17, 15) is 4.79 Å². The molecule has 1 atom stereocenters. The van der Waals surface area contributed by atoms with Crippen molar-refractivity contribution in [2.75, 3.05) is 0 Å². The molecule has 1 rings (SSSR count). The maximum absolute atomic E-state index is 11.9. The fourth-order valence-corrected chi connectivity index (χ4v) is 1.69. The van der Waals surface area contributed by atoms with E-state index in [1.54, 1.807) is 6.92 Å². The molecule has 0 aliphatic rings. The summed E-state index contributed by atoms with van der Waals surface area (Å²) >= 11 is 0. The molecule has 0 bridgehead atoms. The maximum atomic E-state index is 11.9. The molecule has 1 aromatic carbocycles. The zero-order valence-corrected chi connectivity index (χ0v) is 12.2. The highest BCUT2D eigenvalue weighted by atomic mass is 16.2. The van der Waals surface area contributed by atoms with Crippen molar-refractivity contribution < 1.29 is 4.79 Å². The van der Waals surface area contributed by atoms with Gasteiger partial charge in [0.1, 0.15) is 5.41 Å². The number of benzene rings is 1.